The summed E-state index contributed by atoms with van der Waals surface area (Å²) >= 11 is 0. The minimum Gasteiger partial charge on any atom is -0.493 e. The van der Waals surface area contributed by atoms with Gasteiger partial charge in [-0.15, -0.1) is 0 Å². The maximum absolute atomic E-state index is 5.87. The lowest BCUT2D eigenvalue weighted by Gasteiger charge is -2.11. The zero-order chi connectivity index (χ0) is 18.2. The molecule has 1 N–H and O–H groups in total. The molecule has 26 heavy (non-hydrogen) atoms. The molecule has 0 aromatic heterocycles. The summed E-state index contributed by atoms with van der Waals surface area (Å²) < 4.78 is 11.3. The SMILES string of the molecule is COc1cc(C=NNc2ccccc2C)ccc1OCc1ccccc1. The van der Waals surface area contributed by atoms with E-state index in [4.69, 9.17) is 9.47 Å². The lowest BCUT2D eigenvalue weighted by atomic mass is 10.2. The molecule has 0 aliphatic rings. The fourth-order valence-corrected chi connectivity index (χ4v) is 2.49. The number of nitrogens with zero attached hydrogens (tertiary/aromatic N) is 1. The van der Waals surface area contributed by atoms with Gasteiger partial charge in [0.15, 0.2) is 11.5 Å². The van der Waals surface area contributed by atoms with Crippen LogP contribution < -0.4 is 14.9 Å². The standard InChI is InChI=1S/C22H22N2O2/c1-17-8-6-7-11-20(17)24-23-15-19-12-13-21(22(14-19)25-2)26-16-18-9-4-3-5-10-18/h3-15,24H,16H2,1-2H3. The first kappa shape index (κ1) is 17.5. The topological polar surface area (TPSA) is 42.8 Å². The van der Waals surface area contributed by atoms with Crippen molar-refractivity contribution >= 4 is 11.9 Å². The lowest BCUT2D eigenvalue weighted by molar-refractivity contribution is 0.284. The van der Waals surface area contributed by atoms with E-state index in [2.05, 4.69) is 10.5 Å². The maximum Gasteiger partial charge on any atom is 0.161 e. The number of hydrazone groups is 1. The molecule has 0 spiro atoms. The Kier molecular flexibility index (Phi) is 5.88. The van der Waals surface area contributed by atoms with Crippen LogP contribution in [-0.4, -0.2) is 13.3 Å². The fourth-order valence-electron chi connectivity index (χ4n) is 2.49. The van der Waals surface area contributed by atoms with E-state index < -0.39 is 0 Å². The predicted molar refractivity (Wildman–Crippen MR) is 106 cm³/mol. The van der Waals surface area contributed by atoms with Gasteiger partial charge in [-0.25, -0.2) is 0 Å². The van der Waals surface area contributed by atoms with Gasteiger partial charge in [0.05, 0.1) is 19.0 Å². The van der Waals surface area contributed by atoms with E-state index in [1.807, 2.05) is 79.7 Å². The van der Waals surface area contributed by atoms with E-state index in [-0.39, 0.29) is 0 Å². The van der Waals surface area contributed by atoms with Gasteiger partial charge in [-0.1, -0.05) is 48.5 Å². The highest BCUT2D eigenvalue weighted by Crippen LogP contribution is 2.28. The quantitative estimate of drug-likeness (QED) is 0.482. The largest absolute Gasteiger partial charge is 0.493 e. The minimum absolute atomic E-state index is 0.499. The highest BCUT2D eigenvalue weighted by molar-refractivity contribution is 5.81. The molecular formula is C22H22N2O2. The Morgan fingerprint density at radius 1 is 0.923 bits per heavy atom. The third-order valence-corrected chi connectivity index (χ3v) is 3.97. The van der Waals surface area contributed by atoms with Crippen LogP contribution >= 0.6 is 0 Å². The van der Waals surface area contributed by atoms with Crippen LogP contribution in [0, 0.1) is 6.92 Å². The molecule has 0 aliphatic heterocycles. The number of benzene rings is 3. The van der Waals surface area contributed by atoms with E-state index in [0.29, 0.717) is 18.1 Å². The molecule has 0 unspecified atom stereocenters. The molecule has 0 bridgehead atoms. The van der Waals surface area contributed by atoms with Gasteiger partial charge in [0.25, 0.3) is 0 Å². The Labute approximate surface area is 154 Å². The first-order valence-corrected chi connectivity index (χ1v) is 8.46. The summed E-state index contributed by atoms with van der Waals surface area (Å²) in [5, 5.41) is 4.30. The molecule has 4 heteroatoms. The summed E-state index contributed by atoms with van der Waals surface area (Å²) in [6.07, 6.45) is 1.76. The smallest absolute Gasteiger partial charge is 0.161 e. The van der Waals surface area contributed by atoms with Crippen molar-refractivity contribution < 1.29 is 9.47 Å². The molecule has 0 atom stereocenters. The van der Waals surface area contributed by atoms with Crippen molar-refractivity contribution in [1.82, 2.24) is 0 Å². The molecule has 0 amide bonds. The summed E-state index contributed by atoms with van der Waals surface area (Å²) in [5.41, 5.74) is 7.23. The third-order valence-electron chi connectivity index (χ3n) is 3.97. The van der Waals surface area contributed by atoms with E-state index in [1.165, 1.54) is 0 Å². The molecule has 0 fully saturated rings. The van der Waals surface area contributed by atoms with Gasteiger partial charge in [-0.2, -0.15) is 5.10 Å². The maximum atomic E-state index is 5.87. The van der Waals surface area contributed by atoms with Crippen LogP contribution in [0.5, 0.6) is 11.5 Å². The molecule has 3 rings (SSSR count). The van der Waals surface area contributed by atoms with Crippen molar-refractivity contribution in [2.75, 3.05) is 12.5 Å². The van der Waals surface area contributed by atoms with Crippen molar-refractivity contribution in [3.05, 3.63) is 89.5 Å². The Morgan fingerprint density at radius 2 is 1.69 bits per heavy atom. The number of rotatable bonds is 7. The Bertz CT molecular complexity index is 876. The Morgan fingerprint density at radius 3 is 2.46 bits per heavy atom. The Balaban J connectivity index is 1.66. The van der Waals surface area contributed by atoms with Crippen molar-refractivity contribution in [2.45, 2.75) is 13.5 Å². The average Bonchev–Trinajstić information content (AvgIpc) is 2.69. The molecule has 0 saturated heterocycles. The second-order valence-corrected chi connectivity index (χ2v) is 5.87. The number of hydrogen-bond donors (Lipinski definition) is 1. The second-order valence-electron chi connectivity index (χ2n) is 5.87. The number of methoxy groups -OCH3 is 1. The molecule has 0 heterocycles. The number of nitrogens with one attached hydrogen (secondary N) is 1. The van der Waals surface area contributed by atoms with Gasteiger partial charge < -0.3 is 9.47 Å². The highest BCUT2D eigenvalue weighted by atomic mass is 16.5. The van der Waals surface area contributed by atoms with Crippen LogP contribution in [0.4, 0.5) is 5.69 Å². The van der Waals surface area contributed by atoms with Crippen LogP contribution in [0.25, 0.3) is 0 Å². The fraction of sp³-hybridized carbons (Fsp3) is 0.136. The molecule has 132 valence electrons. The van der Waals surface area contributed by atoms with E-state index >= 15 is 0 Å². The number of para-hydroxylation sites is 1. The van der Waals surface area contributed by atoms with Gasteiger partial charge in [0.1, 0.15) is 6.61 Å². The second kappa shape index (κ2) is 8.72. The summed E-state index contributed by atoms with van der Waals surface area (Å²) in [4.78, 5) is 0. The molecule has 4 nitrogen and oxygen atoms in total. The summed E-state index contributed by atoms with van der Waals surface area (Å²) in [6.45, 7) is 2.54. The zero-order valence-electron chi connectivity index (χ0n) is 15.0. The summed E-state index contributed by atoms with van der Waals surface area (Å²) in [6, 6.07) is 23.8. The number of aryl methyl sites for hydroxylation is 1. The van der Waals surface area contributed by atoms with Crippen LogP contribution in [0.2, 0.25) is 0 Å². The van der Waals surface area contributed by atoms with E-state index in [0.717, 1.165) is 22.4 Å². The van der Waals surface area contributed by atoms with Crippen LogP contribution in [0.1, 0.15) is 16.7 Å². The van der Waals surface area contributed by atoms with Gasteiger partial charge in [0, 0.05) is 0 Å². The summed E-state index contributed by atoms with van der Waals surface area (Å²) in [7, 11) is 1.64. The molecule has 3 aromatic carbocycles. The Hall–Kier alpha value is -3.27. The van der Waals surface area contributed by atoms with Gasteiger partial charge in [0.2, 0.25) is 0 Å². The van der Waals surface area contributed by atoms with Crippen LogP contribution in [0.15, 0.2) is 77.9 Å². The first-order valence-electron chi connectivity index (χ1n) is 8.46. The number of ether oxygens (including phenoxy) is 2. The molecule has 0 radical (unpaired) electrons. The molecule has 3 aromatic rings. The lowest BCUT2D eigenvalue weighted by Crippen LogP contribution is -1.98. The van der Waals surface area contributed by atoms with Gasteiger partial charge in [-0.05, 0) is 47.9 Å². The van der Waals surface area contributed by atoms with Crippen molar-refractivity contribution in [2.24, 2.45) is 5.10 Å². The highest BCUT2D eigenvalue weighted by Gasteiger charge is 2.05. The predicted octanol–water partition coefficient (Wildman–Crippen LogP) is 5.03. The number of hydrogen-bond acceptors (Lipinski definition) is 4. The zero-order valence-corrected chi connectivity index (χ0v) is 15.0. The molecule has 0 saturated carbocycles. The van der Waals surface area contributed by atoms with Crippen LogP contribution in [-0.2, 0) is 6.61 Å². The normalized spacial score (nSPS) is 10.7. The molecular weight excluding hydrogens is 324 g/mol. The van der Waals surface area contributed by atoms with E-state index in [9.17, 15) is 0 Å². The third kappa shape index (κ3) is 4.63. The van der Waals surface area contributed by atoms with E-state index in [1.54, 1.807) is 13.3 Å². The van der Waals surface area contributed by atoms with Gasteiger partial charge >= 0.3 is 0 Å². The number of anilines is 1. The van der Waals surface area contributed by atoms with Gasteiger partial charge in [-0.3, -0.25) is 5.43 Å². The first-order chi connectivity index (χ1) is 12.8. The average molecular weight is 346 g/mol. The van der Waals surface area contributed by atoms with Crippen molar-refractivity contribution in [3.8, 4) is 11.5 Å². The monoisotopic (exact) mass is 346 g/mol. The minimum atomic E-state index is 0.499. The van der Waals surface area contributed by atoms with Crippen molar-refractivity contribution in [1.29, 1.82) is 0 Å². The van der Waals surface area contributed by atoms with Crippen molar-refractivity contribution in [3.63, 3.8) is 0 Å². The molecule has 0 aliphatic carbocycles. The van der Waals surface area contributed by atoms with Crippen LogP contribution in [0.3, 0.4) is 0 Å². The summed E-state index contributed by atoms with van der Waals surface area (Å²) in [5.74, 6) is 1.39.